The van der Waals surface area contributed by atoms with Gasteiger partial charge in [0, 0.05) is 22.8 Å². The summed E-state index contributed by atoms with van der Waals surface area (Å²) in [6.07, 6.45) is 1.38. The Morgan fingerprint density at radius 1 is 1.05 bits per heavy atom. The average molecular weight is 573 g/mol. The molecule has 3 aromatic rings. The lowest BCUT2D eigenvalue weighted by atomic mass is 9.62. The van der Waals surface area contributed by atoms with Crippen LogP contribution in [0.2, 0.25) is 0 Å². The van der Waals surface area contributed by atoms with Gasteiger partial charge in [-0.15, -0.1) is 11.3 Å². The average Bonchev–Trinajstić information content (AvgIpc) is 3.37. The zero-order valence-corrected chi connectivity index (χ0v) is 25.0. The molecule has 2 heterocycles. The highest BCUT2D eigenvalue weighted by atomic mass is 32.1. The van der Waals surface area contributed by atoms with Gasteiger partial charge in [0.05, 0.1) is 12.0 Å². The molecule has 1 saturated carbocycles. The quantitative estimate of drug-likeness (QED) is 0.254. The first kappa shape index (κ1) is 28.7. The van der Waals surface area contributed by atoms with E-state index in [9.17, 15) is 19.2 Å². The van der Waals surface area contributed by atoms with Crippen molar-refractivity contribution in [2.24, 2.45) is 16.7 Å². The molecule has 3 atom stereocenters. The van der Waals surface area contributed by atoms with E-state index >= 15 is 0 Å². The smallest absolute Gasteiger partial charge is 0.341 e. The molecule has 2 aromatic carbocycles. The third-order valence-electron chi connectivity index (χ3n) is 9.20. The zero-order chi connectivity index (χ0) is 29.5. The van der Waals surface area contributed by atoms with Gasteiger partial charge in [0.2, 0.25) is 17.7 Å². The molecule has 2 bridgehead atoms. The van der Waals surface area contributed by atoms with E-state index in [1.54, 1.807) is 6.92 Å². The first-order chi connectivity index (χ1) is 19.5. The first-order valence-electron chi connectivity index (χ1n) is 14.1. The molecular weight excluding hydrogens is 536 g/mol. The predicted octanol–water partition coefficient (Wildman–Crippen LogP) is 6.26. The fraction of sp³-hybridized carbons (Fsp3) is 0.394. The minimum Gasteiger partial charge on any atom is -0.462 e. The number of nitrogens with one attached hydrogen (secondary N) is 1. The maximum Gasteiger partial charge on any atom is 0.341 e. The van der Waals surface area contributed by atoms with Gasteiger partial charge in [0.15, 0.2) is 0 Å². The van der Waals surface area contributed by atoms with Crippen molar-refractivity contribution < 1.29 is 23.9 Å². The van der Waals surface area contributed by atoms with Crippen molar-refractivity contribution in [1.82, 2.24) is 4.90 Å². The monoisotopic (exact) mass is 572 g/mol. The van der Waals surface area contributed by atoms with E-state index in [0.29, 0.717) is 23.4 Å². The number of esters is 1. The van der Waals surface area contributed by atoms with Gasteiger partial charge in [-0.25, -0.2) is 4.79 Å². The molecule has 5 rings (SSSR count). The molecule has 1 aliphatic carbocycles. The molecule has 0 spiro atoms. The van der Waals surface area contributed by atoms with Crippen LogP contribution >= 0.6 is 11.3 Å². The Hall–Kier alpha value is -3.78. The molecular formula is C33H36N2O5S. The summed E-state index contributed by atoms with van der Waals surface area (Å²) < 4.78 is 5.40. The number of rotatable bonds is 8. The number of benzene rings is 2. The lowest BCUT2D eigenvalue weighted by Crippen LogP contribution is -2.64. The number of piperidine rings is 1. The number of thiophene rings is 1. The van der Waals surface area contributed by atoms with Crippen LogP contribution in [0.15, 0.2) is 60.7 Å². The van der Waals surface area contributed by atoms with E-state index in [1.165, 1.54) is 16.2 Å². The second-order valence-electron chi connectivity index (χ2n) is 11.7. The number of hydrogen-bond donors (Lipinski definition) is 1. The second-order valence-corrected chi connectivity index (χ2v) is 12.9. The van der Waals surface area contributed by atoms with Gasteiger partial charge in [-0.2, -0.15) is 0 Å². The van der Waals surface area contributed by atoms with Crippen LogP contribution in [0.25, 0.3) is 11.1 Å². The normalized spacial score (nSPS) is 22.0. The summed E-state index contributed by atoms with van der Waals surface area (Å²) in [5.74, 6) is -2.01. The minimum absolute atomic E-state index is 0.165. The van der Waals surface area contributed by atoms with Crippen molar-refractivity contribution >= 4 is 40.0 Å². The lowest BCUT2D eigenvalue weighted by molar-refractivity contribution is -0.172. The standard InChI is InChI=1S/C33H36N2O5S/c1-6-40-30(38)26-25(22-15-11-8-12-16-22)20(2)41-28(26)34-27(36)24(19-21-13-9-7-10-14-21)35-29(37)23-17-18-33(5,31(35)39)32(23,3)4/h7-16,23-24H,6,17-19H2,1-5H3,(H,34,36). The van der Waals surface area contributed by atoms with Gasteiger partial charge in [-0.05, 0) is 43.2 Å². The summed E-state index contributed by atoms with van der Waals surface area (Å²) in [5, 5.41) is 3.30. The van der Waals surface area contributed by atoms with Gasteiger partial charge in [-0.1, -0.05) is 81.4 Å². The van der Waals surface area contributed by atoms with E-state index < -0.39 is 28.7 Å². The fourth-order valence-corrected chi connectivity index (χ4v) is 7.53. The highest BCUT2D eigenvalue weighted by Gasteiger charge is 2.65. The third kappa shape index (κ3) is 4.78. The number of anilines is 1. The SMILES string of the molecule is CCOC(=O)c1c(NC(=O)C(Cc2ccccc2)N2C(=O)C3CCC(C)(C2=O)C3(C)C)sc(C)c1-c1ccccc1. The minimum atomic E-state index is -1.08. The molecule has 41 heavy (non-hydrogen) atoms. The molecule has 1 N–H and O–H groups in total. The Labute approximate surface area is 244 Å². The van der Waals surface area contributed by atoms with Crippen LogP contribution in [0.4, 0.5) is 5.00 Å². The van der Waals surface area contributed by atoms with Gasteiger partial charge >= 0.3 is 5.97 Å². The number of hydrogen-bond acceptors (Lipinski definition) is 6. The number of imide groups is 1. The van der Waals surface area contributed by atoms with Crippen LogP contribution < -0.4 is 5.32 Å². The van der Waals surface area contributed by atoms with Crippen molar-refractivity contribution in [3.05, 3.63) is 76.7 Å². The maximum atomic E-state index is 14.2. The number of ether oxygens (including phenoxy) is 1. The summed E-state index contributed by atoms with van der Waals surface area (Å²) in [6.45, 7) is 9.69. The molecule has 7 nitrogen and oxygen atoms in total. The number of carbonyl (C=O) groups excluding carboxylic acids is 4. The number of nitrogens with zero attached hydrogens (tertiary/aromatic N) is 1. The molecule has 0 radical (unpaired) electrons. The molecule has 1 saturated heterocycles. The van der Waals surface area contributed by atoms with Crippen LogP contribution in [0.1, 0.15) is 61.3 Å². The Morgan fingerprint density at radius 2 is 1.68 bits per heavy atom. The molecule has 214 valence electrons. The van der Waals surface area contributed by atoms with Gasteiger partial charge in [0.1, 0.15) is 16.6 Å². The third-order valence-corrected chi connectivity index (χ3v) is 10.2. The van der Waals surface area contributed by atoms with E-state index in [-0.39, 0.29) is 36.3 Å². The van der Waals surface area contributed by atoms with Crippen LogP contribution in [0.3, 0.4) is 0 Å². The summed E-state index contributed by atoms with van der Waals surface area (Å²) in [7, 11) is 0. The van der Waals surface area contributed by atoms with Gasteiger partial charge < -0.3 is 10.1 Å². The molecule has 3 amide bonds. The van der Waals surface area contributed by atoms with Crippen molar-refractivity contribution in [1.29, 1.82) is 0 Å². The lowest BCUT2D eigenvalue weighted by Gasteiger charge is -2.49. The number of amides is 3. The van der Waals surface area contributed by atoms with E-state index in [1.807, 2.05) is 88.4 Å². The van der Waals surface area contributed by atoms with Crippen LogP contribution in [-0.4, -0.2) is 41.2 Å². The van der Waals surface area contributed by atoms with Crippen LogP contribution in [0.5, 0.6) is 0 Å². The fourth-order valence-electron chi connectivity index (χ4n) is 6.46. The molecule has 2 fully saturated rings. The van der Waals surface area contributed by atoms with Crippen molar-refractivity contribution in [2.75, 3.05) is 11.9 Å². The zero-order valence-electron chi connectivity index (χ0n) is 24.2. The Kier molecular flexibility index (Phi) is 7.64. The Morgan fingerprint density at radius 3 is 2.32 bits per heavy atom. The maximum absolute atomic E-state index is 14.2. The van der Waals surface area contributed by atoms with Crippen molar-refractivity contribution in [3.8, 4) is 11.1 Å². The highest BCUT2D eigenvalue weighted by Crippen LogP contribution is 2.60. The second kappa shape index (κ2) is 10.9. The number of aryl methyl sites for hydroxylation is 1. The van der Waals surface area contributed by atoms with Crippen molar-refractivity contribution in [2.45, 2.75) is 59.9 Å². The first-order valence-corrected chi connectivity index (χ1v) is 14.9. The topological polar surface area (TPSA) is 92.8 Å². The molecule has 1 aromatic heterocycles. The number of carbonyl (C=O) groups is 4. The molecule has 2 aliphatic rings. The predicted molar refractivity (Wildman–Crippen MR) is 159 cm³/mol. The van der Waals surface area contributed by atoms with E-state index in [4.69, 9.17) is 4.74 Å². The highest BCUT2D eigenvalue weighted by molar-refractivity contribution is 7.17. The Bertz CT molecular complexity index is 1500. The van der Waals surface area contributed by atoms with E-state index in [2.05, 4.69) is 5.32 Å². The van der Waals surface area contributed by atoms with Crippen molar-refractivity contribution in [3.63, 3.8) is 0 Å². The Balaban J connectivity index is 1.57. The largest absolute Gasteiger partial charge is 0.462 e. The summed E-state index contributed by atoms with van der Waals surface area (Å²) in [6, 6.07) is 17.8. The van der Waals surface area contributed by atoms with Crippen LogP contribution in [0, 0.1) is 23.7 Å². The summed E-state index contributed by atoms with van der Waals surface area (Å²) in [5.41, 5.74) is 1.37. The van der Waals surface area contributed by atoms with Gasteiger partial charge in [0.25, 0.3) is 0 Å². The summed E-state index contributed by atoms with van der Waals surface area (Å²) in [4.78, 5) is 57.5. The van der Waals surface area contributed by atoms with Crippen LogP contribution in [-0.2, 0) is 25.5 Å². The van der Waals surface area contributed by atoms with E-state index in [0.717, 1.165) is 16.0 Å². The molecule has 8 heteroatoms. The number of likely N-dealkylation sites (tertiary alicyclic amines) is 1. The molecule has 1 aliphatic heterocycles. The number of fused-ring (bicyclic) bond motifs is 2. The van der Waals surface area contributed by atoms with Gasteiger partial charge in [-0.3, -0.25) is 19.3 Å². The summed E-state index contributed by atoms with van der Waals surface area (Å²) >= 11 is 1.28. The molecule has 3 unspecified atom stereocenters.